The Kier molecular flexibility index (Phi) is 4.67. The lowest BCUT2D eigenvalue weighted by atomic mass is 10.1. The number of hydrogen-bond donors (Lipinski definition) is 1. The Bertz CT molecular complexity index is 778. The van der Waals surface area contributed by atoms with Gasteiger partial charge in [0.2, 0.25) is 0 Å². The average Bonchev–Trinajstić information content (AvgIpc) is 2.47. The molecular weight excluding hydrogens is 286 g/mol. The van der Waals surface area contributed by atoms with Crippen LogP contribution in [0.4, 0.5) is 5.69 Å². The van der Waals surface area contributed by atoms with Crippen LogP contribution >= 0.6 is 0 Å². The Morgan fingerprint density at radius 3 is 2.29 bits per heavy atom. The number of aliphatic imine (C=N–C) groups is 1. The van der Waals surface area contributed by atoms with Gasteiger partial charge in [0, 0.05) is 5.56 Å². The molecule has 0 atom stereocenters. The summed E-state index contributed by atoms with van der Waals surface area (Å²) >= 11 is 0. The first kappa shape index (κ1) is 15.2. The smallest absolute Gasteiger partial charge is 0.282 e. The first-order valence-corrected chi connectivity index (χ1v) is 7.79. The summed E-state index contributed by atoms with van der Waals surface area (Å²) in [5.41, 5.74) is 1.69. The molecule has 2 aromatic rings. The molecule has 0 radical (unpaired) electrons. The molecule has 21 heavy (non-hydrogen) atoms. The van der Waals surface area contributed by atoms with Crippen LogP contribution in [0.5, 0.6) is 0 Å². The summed E-state index contributed by atoms with van der Waals surface area (Å²) in [4.78, 5) is 4.17. The van der Waals surface area contributed by atoms with E-state index in [0.717, 1.165) is 5.56 Å². The van der Waals surface area contributed by atoms with Crippen molar-refractivity contribution in [1.82, 2.24) is 0 Å². The summed E-state index contributed by atoms with van der Waals surface area (Å²) in [6, 6.07) is 15.5. The molecule has 0 spiro atoms. The lowest BCUT2D eigenvalue weighted by molar-refractivity contribution is 0.483. The van der Waals surface area contributed by atoms with Gasteiger partial charge in [-0.2, -0.15) is 8.42 Å². The molecule has 0 aliphatic carbocycles. The van der Waals surface area contributed by atoms with Gasteiger partial charge < -0.3 is 0 Å². The Balaban J connectivity index is 2.60. The van der Waals surface area contributed by atoms with E-state index in [4.69, 9.17) is 0 Å². The summed E-state index contributed by atoms with van der Waals surface area (Å²) < 4.78 is 32.1. The lowest BCUT2D eigenvalue weighted by Gasteiger charge is -2.05. The maximum absolute atomic E-state index is 11.4. The van der Waals surface area contributed by atoms with Gasteiger partial charge >= 0.3 is 0 Å². The third-order valence-corrected chi connectivity index (χ3v) is 3.68. The Morgan fingerprint density at radius 2 is 1.67 bits per heavy atom. The highest BCUT2D eigenvalue weighted by Crippen LogP contribution is 2.24. The fourth-order valence-electron chi connectivity index (χ4n) is 1.86. The van der Waals surface area contributed by atoms with Crippen LogP contribution < -0.4 is 0 Å². The van der Waals surface area contributed by atoms with E-state index in [1.54, 1.807) is 24.3 Å². The maximum atomic E-state index is 11.4. The molecule has 0 bridgehead atoms. The van der Waals surface area contributed by atoms with Gasteiger partial charge in [0.15, 0.2) is 0 Å². The molecule has 4 nitrogen and oxygen atoms in total. The van der Waals surface area contributed by atoms with Crippen molar-refractivity contribution in [2.45, 2.75) is 11.8 Å². The minimum absolute atomic E-state index is 0.206. The topological polar surface area (TPSA) is 66.7 Å². The zero-order valence-corrected chi connectivity index (χ0v) is 12.3. The highest BCUT2D eigenvalue weighted by atomic mass is 32.2. The third-order valence-electron chi connectivity index (χ3n) is 2.78. The van der Waals surface area contributed by atoms with Crippen LogP contribution in [-0.4, -0.2) is 18.7 Å². The second-order valence-electron chi connectivity index (χ2n) is 4.31. The Morgan fingerprint density at radius 1 is 1.05 bits per heavy atom. The predicted octanol–water partition coefficient (Wildman–Crippen LogP) is 3.63. The van der Waals surface area contributed by atoms with E-state index >= 15 is 0 Å². The predicted molar refractivity (Wildman–Crippen MR) is 83.7 cm³/mol. The average molecular weight is 301 g/mol. The van der Waals surface area contributed by atoms with Crippen LogP contribution in [0.1, 0.15) is 12.5 Å². The zero-order valence-electron chi connectivity index (χ0n) is 11.5. The molecule has 0 aromatic heterocycles. The molecule has 2 aromatic carbocycles. The van der Waals surface area contributed by atoms with Gasteiger partial charge in [-0.3, -0.25) is 4.55 Å². The number of para-hydroxylation sites is 1. The molecule has 0 aliphatic heterocycles. The second kappa shape index (κ2) is 6.47. The monoisotopic (exact) mass is 301 g/mol. The van der Waals surface area contributed by atoms with Crippen LogP contribution in [0.25, 0.3) is 0 Å². The molecule has 1 N–H and O–H groups in total. The van der Waals surface area contributed by atoms with Gasteiger partial charge in [0.25, 0.3) is 10.1 Å². The van der Waals surface area contributed by atoms with E-state index in [9.17, 15) is 13.0 Å². The van der Waals surface area contributed by atoms with Crippen molar-refractivity contribution < 1.29 is 13.0 Å². The fraction of sp³-hybridized carbons (Fsp3) is 0.0625. The molecule has 0 saturated heterocycles. The van der Waals surface area contributed by atoms with Crippen molar-refractivity contribution in [2.75, 3.05) is 0 Å². The minimum Gasteiger partial charge on any atom is -0.282 e. The van der Waals surface area contributed by atoms with E-state index in [0.29, 0.717) is 5.71 Å². The molecule has 2 rings (SSSR count). The zero-order chi connectivity index (χ0) is 15.3. The summed E-state index contributed by atoms with van der Waals surface area (Å²) in [7, 11) is -4.31. The third kappa shape index (κ3) is 3.87. The molecule has 0 fully saturated rings. The molecule has 0 amide bonds. The van der Waals surface area contributed by atoms with E-state index in [1.165, 1.54) is 6.07 Å². The Hall–Kier alpha value is -2.24. The largest absolute Gasteiger partial charge is 0.296 e. The van der Waals surface area contributed by atoms with Gasteiger partial charge in [-0.25, -0.2) is 4.99 Å². The summed E-state index contributed by atoms with van der Waals surface area (Å²) in [6.07, 6.45) is 3.61. The van der Waals surface area contributed by atoms with Crippen LogP contribution in [0.15, 0.2) is 76.6 Å². The van der Waals surface area contributed by atoms with Gasteiger partial charge in [-0.05, 0) is 25.1 Å². The van der Waals surface area contributed by atoms with E-state index < -0.39 is 10.1 Å². The van der Waals surface area contributed by atoms with Crippen LogP contribution in [0, 0.1) is 0 Å². The van der Waals surface area contributed by atoms with Crippen LogP contribution in [-0.2, 0) is 10.1 Å². The SMILES string of the molecule is C/C=C/C(=Nc1ccccc1S(=O)(=O)O)c1ccccc1. The van der Waals surface area contributed by atoms with Gasteiger partial charge in [-0.15, -0.1) is 0 Å². The van der Waals surface area contributed by atoms with E-state index in [2.05, 4.69) is 4.99 Å². The van der Waals surface area contributed by atoms with Crippen molar-refractivity contribution in [3.63, 3.8) is 0 Å². The number of rotatable bonds is 4. The van der Waals surface area contributed by atoms with Crippen LogP contribution in [0.2, 0.25) is 0 Å². The highest BCUT2D eigenvalue weighted by Gasteiger charge is 2.14. The molecule has 0 heterocycles. The summed E-state index contributed by atoms with van der Waals surface area (Å²) in [5, 5.41) is 0. The first-order valence-electron chi connectivity index (χ1n) is 6.35. The molecule has 0 unspecified atom stereocenters. The Labute approximate surface area is 124 Å². The molecule has 0 saturated carbocycles. The van der Waals surface area contributed by atoms with E-state index in [1.807, 2.05) is 43.3 Å². The van der Waals surface area contributed by atoms with Gasteiger partial charge in [0.1, 0.15) is 4.90 Å². The maximum Gasteiger partial charge on any atom is 0.296 e. The van der Waals surface area contributed by atoms with Crippen molar-refractivity contribution in [2.24, 2.45) is 4.99 Å². The quantitative estimate of drug-likeness (QED) is 0.692. The van der Waals surface area contributed by atoms with Crippen molar-refractivity contribution in [1.29, 1.82) is 0 Å². The molecule has 108 valence electrons. The fourth-order valence-corrected chi connectivity index (χ4v) is 2.49. The van der Waals surface area contributed by atoms with Gasteiger partial charge in [-0.1, -0.05) is 48.5 Å². The first-order chi connectivity index (χ1) is 10.0. The van der Waals surface area contributed by atoms with E-state index in [-0.39, 0.29) is 10.6 Å². The number of allylic oxidation sites excluding steroid dienone is 2. The summed E-state index contributed by atoms with van der Waals surface area (Å²) in [6.45, 7) is 1.85. The van der Waals surface area contributed by atoms with Crippen molar-refractivity contribution in [3.05, 3.63) is 72.3 Å². The van der Waals surface area contributed by atoms with Crippen LogP contribution in [0.3, 0.4) is 0 Å². The molecule has 5 heteroatoms. The van der Waals surface area contributed by atoms with Crippen molar-refractivity contribution in [3.8, 4) is 0 Å². The highest BCUT2D eigenvalue weighted by molar-refractivity contribution is 7.86. The lowest BCUT2D eigenvalue weighted by Crippen LogP contribution is -2.00. The minimum atomic E-state index is -4.31. The van der Waals surface area contributed by atoms with Crippen molar-refractivity contribution >= 4 is 21.5 Å². The number of hydrogen-bond acceptors (Lipinski definition) is 3. The summed E-state index contributed by atoms with van der Waals surface area (Å²) in [5.74, 6) is 0. The standard InChI is InChI=1S/C16H15NO3S/c1-2-8-14(13-9-4-3-5-10-13)17-15-11-6-7-12-16(15)21(18,19)20/h2-12H,1H3,(H,18,19,20)/b8-2+,17-14?. The molecular formula is C16H15NO3S. The normalized spacial score (nSPS) is 12.8. The number of nitrogens with zero attached hydrogens (tertiary/aromatic N) is 1. The molecule has 0 aliphatic rings. The number of benzene rings is 2. The second-order valence-corrected chi connectivity index (χ2v) is 5.70. The van der Waals surface area contributed by atoms with Gasteiger partial charge in [0.05, 0.1) is 11.4 Å².